The van der Waals surface area contributed by atoms with E-state index in [1.54, 1.807) is 38.2 Å². The van der Waals surface area contributed by atoms with Gasteiger partial charge < -0.3 is 25.6 Å². The number of likely N-dealkylation sites (N-methyl/N-ethyl adjacent to an activating group) is 1. The van der Waals surface area contributed by atoms with Gasteiger partial charge in [-0.05, 0) is 43.7 Å². The van der Waals surface area contributed by atoms with Crippen molar-refractivity contribution in [2.75, 3.05) is 23.9 Å². The first-order valence-electron chi connectivity index (χ1n) is 13.0. The number of nitrogens with zero attached hydrogens (tertiary/aromatic N) is 2. The van der Waals surface area contributed by atoms with Crippen molar-refractivity contribution in [2.45, 2.75) is 38.9 Å². The van der Waals surface area contributed by atoms with Gasteiger partial charge in [-0.25, -0.2) is 9.79 Å². The van der Waals surface area contributed by atoms with Crippen LogP contribution in [-0.4, -0.2) is 49.4 Å². The molecule has 9 nitrogen and oxygen atoms in total. The summed E-state index contributed by atoms with van der Waals surface area (Å²) in [5.41, 5.74) is 3.44. The van der Waals surface area contributed by atoms with Gasteiger partial charge in [0.25, 0.3) is 5.91 Å². The summed E-state index contributed by atoms with van der Waals surface area (Å²) in [4.78, 5) is 45.0. The first kappa shape index (κ1) is 27.4. The highest BCUT2D eigenvalue weighted by atomic mass is 16.5. The van der Waals surface area contributed by atoms with Crippen molar-refractivity contribution in [3.05, 3.63) is 90.0 Å². The number of amides is 4. The van der Waals surface area contributed by atoms with E-state index in [9.17, 15) is 14.4 Å². The third kappa shape index (κ3) is 6.81. The van der Waals surface area contributed by atoms with Crippen molar-refractivity contribution in [1.29, 1.82) is 0 Å². The number of hydrogen-bond donors (Lipinski definition) is 3. The predicted molar refractivity (Wildman–Crippen MR) is 152 cm³/mol. The average molecular weight is 528 g/mol. The minimum Gasteiger partial charge on any atom is -0.494 e. The summed E-state index contributed by atoms with van der Waals surface area (Å²) in [6, 6.07) is 22.5. The first-order chi connectivity index (χ1) is 18.9. The standard InChI is InChI=1S/C30H33N5O4/c1-4-5-19-39-23-17-15-22(16-18-23)32-30(38)31-20(2)28(36)34-27-29(37)35(3)25-14-10-9-13-24(25)26(33-27)21-11-7-6-8-12-21/h6-18,20,27H,4-5,19H2,1-3H3,(H,34,36)(H2,31,32,38)/t20-,27+/m0/s1. The van der Waals surface area contributed by atoms with Crippen LogP contribution in [0.2, 0.25) is 0 Å². The van der Waals surface area contributed by atoms with Crippen molar-refractivity contribution in [2.24, 2.45) is 4.99 Å². The molecular formula is C30H33N5O4. The molecule has 0 unspecified atom stereocenters. The Morgan fingerprint density at radius 3 is 2.41 bits per heavy atom. The number of aliphatic imine (C=N–C) groups is 1. The van der Waals surface area contributed by atoms with E-state index in [0.29, 0.717) is 23.7 Å². The average Bonchev–Trinajstić information content (AvgIpc) is 3.05. The fourth-order valence-corrected chi connectivity index (χ4v) is 4.10. The first-order valence-corrected chi connectivity index (χ1v) is 13.0. The molecule has 9 heteroatoms. The second-order valence-electron chi connectivity index (χ2n) is 9.22. The molecule has 0 fully saturated rings. The van der Waals surface area contributed by atoms with Crippen LogP contribution in [0, 0.1) is 0 Å². The number of unbranched alkanes of at least 4 members (excludes halogenated alkanes) is 1. The number of nitrogens with one attached hydrogen (secondary N) is 3. The van der Waals surface area contributed by atoms with E-state index in [1.807, 2.05) is 54.6 Å². The zero-order valence-corrected chi connectivity index (χ0v) is 22.3. The summed E-state index contributed by atoms with van der Waals surface area (Å²) in [5.74, 6) is -0.212. The summed E-state index contributed by atoms with van der Waals surface area (Å²) in [5, 5.41) is 8.01. The van der Waals surface area contributed by atoms with E-state index >= 15 is 0 Å². The lowest BCUT2D eigenvalue weighted by atomic mass is 10.0. The molecule has 4 rings (SSSR count). The van der Waals surface area contributed by atoms with Crippen LogP contribution in [0.3, 0.4) is 0 Å². The Bertz CT molecular complexity index is 1340. The number of rotatable bonds is 9. The molecule has 3 aromatic carbocycles. The molecule has 0 aromatic heterocycles. The molecule has 0 bridgehead atoms. The Morgan fingerprint density at radius 2 is 1.69 bits per heavy atom. The molecule has 1 aliphatic rings. The van der Waals surface area contributed by atoms with Gasteiger partial charge in [-0.2, -0.15) is 0 Å². The lowest BCUT2D eigenvalue weighted by molar-refractivity contribution is -0.128. The van der Waals surface area contributed by atoms with Gasteiger partial charge in [0.2, 0.25) is 12.1 Å². The maximum absolute atomic E-state index is 13.3. The highest BCUT2D eigenvalue weighted by Crippen LogP contribution is 2.27. The van der Waals surface area contributed by atoms with Crippen LogP contribution in [0.4, 0.5) is 16.2 Å². The number of hydrogen-bond acceptors (Lipinski definition) is 5. The lowest BCUT2D eigenvalue weighted by Crippen LogP contribution is -2.52. The number of para-hydroxylation sites is 1. The smallest absolute Gasteiger partial charge is 0.319 e. The quantitative estimate of drug-likeness (QED) is 0.360. The number of ether oxygens (including phenoxy) is 1. The van der Waals surface area contributed by atoms with Crippen LogP contribution in [0.15, 0.2) is 83.9 Å². The number of anilines is 2. The van der Waals surface area contributed by atoms with Gasteiger partial charge in [0.05, 0.1) is 18.0 Å². The maximum atomic E-state index is 13.3. The zero-order valence-electron chi connectivity index (χ0n) is 22.3. The van der Waals surface area contributed by atoms with Gasteiger partial charge >= 0.3 is 6.03 Å². The Kier molecular flexibility index (Phi) is 8.94. The molecule has 1 heterocycles. The maximum Gasteiger partial charge on any atom is 0.319 e. The third-order valence-electron chi connectivity index (χ3n) is 6.29. The molecule has 0 aliphatic carbocycles. The van der Waals surface area contributed by atoms with Crippen LogP contribution < -0.4 is 25.6 Å². The summed E-state index contributed by atoms with van der Waals surface area (Å²) in [7, 11) is 1.65. The monoisotopic (exact) mass is 527 g/mol. The normalized spacial score (nSPS) is 15.4. The minimum absolute atomic E-state index is 0.389. The summed E-state index contributed by atoms with van der Waals surface area (Å²) < 4.78 is 5.63. The van der Waals surface area contributed by atoms with E-state index in [-0.39, 0.29) is 5.91 Å². The molecule has 0 spiro atoms. The van der Waals surface area contributed by atoms with Gasteiger partial charge in [-0.3, -0.25) is 9.59 Å². The number of carbonyl (C=O) groups is 3. The molecule has 0 saturated heterocycles. The molecule has 2 atom stereocenters. The summed E-state index contributed by atoms with van der Waals surface area (Å²) in [6.45, 7) is 4.27. The molecule has 4 amide bonds. The molecule has 1 aliphatic heterocycles. The Balaban J connectivity index is 1.43. The zero-order chi connectivity index (χ0) is 27.8. The van der Waals surface area contributed by atoms with Crippen LogP contribution in [0.5, 0.6) is 5.75 Å². The Hall–Kier alpha value is -4.66. The van der Waals surface area contributed by atoms with Gasteiger partial charge in [0, 0.05) is 23.9 Å². The summed E-state index contributed by atoms with van der Waals surface area (Å²) >= 11 is 0. The van der Waals surface area contributed by atoms with Crippen LogP contribution >= 0.6 is 0 Å². The lowest BCUT2D eigenvalue weighted by Gasteiger charge is -2.22. The van der Waals surface area contributed by atoms with Crippen molar-refractivity contribution >= 4 is 34.9 Å². The molecule has 202 valence electrons. The van der Waals surface area contributed by atoms with Gasteiger partial charge in [-0.1, -0.05) is 61.9 Å². The van der Waals surface area contributed by atoms with E-state index in [4.69, 9.17) is 4.74 Å². The topological polar surface area (TPSA) is 112 Å². The Morgan fingerprint density at radius 1 is 1.00 bits per heavy atom. The third-order valence-corrected chi connectivity index (χ3v) is 6.29. The minimum atomic E-state index is -1.17. The molecule has 39 heavy (non-hydrogen) atoms. The van der Waals surface area contributed by atoms with E-state index < -0.39 is 24.1 Å². The van der Waals surface area contributed by atoms with E-state index in [1.165, 1.54) is 4.90 Å². The molecular weight excluding hydrogens is 494 g/mol. The largest absolute Gasteiger partial charge is 0.494 e. The van der Waals surface area contributed by atoms with Gasteiger partial charge in [0.1, 0.15) is 11.8 Å². The fraction of sp³-hybridized carbons (Fsp3) is 0.267. The fourth-order valence-electron chi connectivity index (χ4n) is 4.10. The van der Waals surface area contributed by atoms with E-state index in [2.05, 4.69) is 27.9 Å². The van der Waals surface area contributed by atoms with Crippen molar-refractivity contribution in [1.82, 2.24) is 10.6 Å². The number of urea groups is 1. The van der Waals surface area contributed by atoms with Crippen molar-refractivity contribution in [3.63, 3.8) is 0 Å². The second-order valence-corrected chi connectivity index (χ2v) is 9.22. The van der Waals surface area contributed by atoms with Crippen molar-refractivity contribution < 1.29 is 19.1 Å². The SMILES string of the molecule is CCCCOc1ccc(NC(=O)N[C@@H](C)C(=O)N[C@H]2N=C(c3ccccc3)c3ccccc3N(C)C2=O)cc1. The van der Waals surface area contributed by atoms with Crippen molar-refractivity contribution in [3.8, 4) is 5.75 Å². The number of benzene rings is 3. The van der Waals surface area contributed by atoms with Gasteiger partial charge in [-0.15, -0.1) is 0 Å². The number of carbonyl (C=O) groups excluding carboxylic acids is 3. The summed E-state index contributed by atoms with van der Waals surface area (Å²) in [6.07, 6.45) is 0.847. The molecule has 0 saturated carbocycles. The highest BCUT2D eigenvalue weighted by molar-refractivity contribution is 6.20. The van der Waals surface area contributed by atoms with E-state index in [0.717, 1.165) is 29.7 Å². The van der Waals surface area contributed by atoms with Gasteiger partial charge in [0.15, 0.2) is 0 Å². The number of fused-ring (bicyclic) bond motifs is 1. The highest BCUT2D eigenvalue weighted by Gasteiger charge is 2.32. The predicted octanol–water partition coefficient (Wildman–Crippen LogP) is 4.33. The van der Waals surface area contributed by atoms with Crippen LogP contribution in [0.1, 0.15) is 37.8 Å². The number of benzodiazepines with no additional fused rings is 1. The van der Waals surface area contributed by atoms with Crippen LogP contribution in [-0.2, 0) is 9.59 Å². The molecule has 3 N–H and O–H groups in total. The molecule has 0 radical (unpaired) electrons. The molecule has 3 aromatic rings. The van der Waals surface area contributed by atoms with Crippen LogP contribution in [0.25, 0.3) is 0 Å². The Labute approximate surface area is 228 Å². The second kappa shape index (κ2) is 12.7.